The average molecular weight is 314 g/mol. The first-order chi connectivity index (χ1) is 11.0. The standard InChI is InChI=1S/C17H18N2O4/c18-16(21)12-3-1-2-4-14(12)19-15(20)9-23-17(22)13-8-10-5-6-11(13)7-10/h1-6,10-11,13H,7-9H2,(H2,18,21)(H,19,20). The van der Waals surface area contributed by atoms with E-state index in [1.54, 1.807) is 18.2 Å². The number of amides is 2. The quantitative estimate of drug-likeness (QED) is 0.635. The molecule has 1 aromatic carbocycles. The molecule has 1 fully saturated rings. The van der Waals surface area contributed by atoms with Crippen molar-refractivity contribution in [3.63, 3.8) is 0 Å². The number of ether oxygens (including phenoxy) is 1. The summed E-state index contributed by atoms with van der Waals surface area (Å²) in [5.41, 5.74) is 5.77. The number of carbonyl (C=O) groups is 3. The molecule has 23 heavy (non-hydrogen) atoms. The van der Waals surface area contributed by atoms with Gasteiger partial charge < -0.3 is 15.8 Å². The van der Waals surface area contributed by atoms with Gasteiger partial charge >= 0.3 is 5.97 Å². The summed E-state index contributed by atoms with van der Waals surface area (Å²) in [5, 5.41) is 2.54. The van der Waals surface area contributed by atoms with Crippen LogP contribution >= 0.6 is 0 Å². The molecule has 6 heteroatoms. The minimum absolute atomic E-state index is 0.143. The number of nitrogens with one attached hydrogen (secondary N) is 1. The first kappa shape index (κ1) is 15.3. The second kappa shape index (κ2) is 6.24. The maximum absolute atomic E-state index is 12.1. The highest BCUT2D eigenvalue weighted by Gasteiger charge is 2.40. The van der Waals surface area contributed by atoms with Gasteiger partial charge in [-0.05, 0) is 36.8 Å². The molecule has 0 aromatic heterocycles. The molecule has 3 N–H and O–H groups in total. The largest absolute Gasteiger partial charge is 0.455 e. The minimum Gasteiger partial charge on any atom is -0.455 e. The fourth-order valence-electron chi connectivity index (χ4n) is 3.29. The fourth-order valence-corrected chi connectivity index (χ4v) is 3.29. The molecule has 2 amide bonds. The number of para-hydroxylation sites is 1. The lowest BCUT2D eigenvalue weighted by Crippen LogP contribution is -2.27. The van der Waals surface area contributed by atoms with E-state index in [4.69, 9.17) is 10.5 Å². The summed E-state index contributed by atoms with van der Waals surface area (Å²) < 4.78 is 5.11. The number of nitrogens with two attached hydrogens (primary N) is 1. The van der Waals surface area contributed by atoms with Crippen LogP contribution in [0, 0.1) is 17.8 Å². The van der Waals surface area contributed by atoms with Gasteiger partial charge in [0.25, 0.3) is 11.8 Å². The van der Waals surface area contributed by atoms with Crippen molar-refractivity contribution in [2.24, 2.45) is 23.5 Å². The van der Waals surface area contributed by atoms with Crippen molar-refractivity contribution in [1.29, 1.82) is 0 Å². The van der Waals surface area contributed by atoms with Crippen LogP contribution in [0.4, 0.5) is 5.69 Å². The molecule has 6 nitrogen and oxygen atoms in total. The van der Waals surface area contributed by atoms with Gasteiger partial charge in [0.1, 0.15) is 0 Å². The smallest absolute Gasteiger partial charge is 0.310 e. The molecule has 1 aromatic rings. The van der Waals surface area contributed by atoms with Gasteiger partial charge in [-0.2, -0.15) is 0 Å². The molecule has 3 atom stereocenters. The Balaban J connectivity index is 1.53. The summed E-state index contributed by atoms with van der Waals surface area (Å²) in [6.07, 6.45) is 6.00. The van der Waals surface area contributed by atoms with Crippen molar-refractivity contribution in [3.8, 4) is 0 Å². The molecule has 2 aliphatic rings. The van der Waals surface area contributed by atoms with Crippen LogP contribution in [0.1, 0.15) is 23.2 Å². The Morgan fingerprint density at radius 1 is 1.17 bits per heavy atom. The lowest BCUT2D eigenvalue weighted by molar-refractivity contribution is -0.152. The molecule has 1 saturated carbocycles. The number of carbonyl (C=O) groups excluding carboxylic acids is 3. The molecule has 0 heterocycles. The molecule has 2 bridgehead atoms. The molecule has 2 aliphatic carbocycles. The zero-order valence-electron chi connectivity index (χ0n) is 12.5. The zero-order valence-corrected chi connectivity index (χ0v) is 12.5. The molecule has 120 valence electrons. The molecule has 0 spiro atoms. The average Bonchev–Trinajstić information content (AvgIpc) is 3.16. The second-order valence-electron chi connectivity index (χ2n) is 5.95. The van der Waals surface area contributed by atoms with Gasteiger partial charge in [-0.1, -0.05) is 24.3 Å². The normalized spacial score (nSPS) is 24.4. The molecule has 0 aliphatic heterocycles. The van der Waals surface area contributed by atoms with Gasteiger partial charge in [-0.3, -0.25) is 14.4 Å². The minimum atomic E-state index is -0.633. The van der Waals surface area contributed by atoms with E-state index in [1.807, 2.05) is 0 Å². The second-order valence-corrected chi connectivity index (χ2v) is 5.95. The zero-order chi connectivity index (χ0) is 16.4. The Morgan fingerprint density at radius 3 is 2.61 bits per heavy atom. The van der Waals surface area contributed by atoms with E-state index in [1.165, 1.54) is 6.07 Å². The summed E-state index contributed by atoms with van der Waals surface area (Å²) in [6, 6.07) is 6.42. The van der Waals surface area contributed by atoms with Crippen molar-refractivity contribution in [1.82, 2.24) is 0 Å². The topological polar surface area (TPSA) is 98.5 Å². The van der Waals surface area contributed by atoms with E-state index in [0.717, 1.165) is 12.8 Å². The number of anilines is 1. The third-order valence-corrected chi connectivity index (χ3v) is 4.39. The van der Waals surface area contributed by atoms with E-state index in [-0.39, 0.29) is 30.0 Å². The van der Waals surface area contributed by atoms with E-state index >= 15 is 0 Å². The monoisotopic (exact) mass is 314 g/mol. The molecule has 3 unspecified atom stereocenters. The third-order valence-electron chi connectivity index (χ3n) is 4.39. The Labute approximate surface area is 133 Å². The Bertz CT molecular complexity index is 683. The summed E-state index contributed by atoms with van der Waals surface area (Å²) in [6.45, 7) is -0.371. The number of primary amides is 1. The third kappa shape index (κ3) is 3.26. The van der Waals surface area contributed by atoms with Gasteiger partial charge in [0.2, 0.25) is 0 Å². The number of rotatable bonds is 5. The van der Waals surface area contributed by atoms with Gasteiger partial charge in [0.05, 0.1) is 17.2 Å². The summed E-state index contributed by atoms with van der Waals surface area (Å²) >= 11 is 0. The van der Waals surface area contributed by atoms with Gasteiger partial charge in [0, 0.05) is 0 Å². The van der Waals surface area contributed by atoms with Crippen molar-refractivity contribution in [2.45, 2.75) is 12.8 Å². The number of hydrogen-bond acceptors (Lipinski definition) is 4. The predicted molar refractivity (Wildman–Crippen MR) is 83.4 cm³/mol. The SMILES string of the molecule is NC(=O)c1ccccc1NC(=O)COC(=O)C1CC2C=CC1C2. The lowest BCUT2D eigenvalue weighted by atomic mass is 9.94. The highest BCUT2D eigenvalue weighted by atomic mass is 16.5. The van der Waals surface area contributed by atoms with E-state index in [2.05, 4.69) is 17.5 Å². The Morgan fingerprint density at radius 2 is 1.96 bits per heavy atom. The van der Waals surface area contributed by atoms with Gasteiger partial charge in [0.15, 0.2) is 6.61 Å². The molecular formula is C17H18N2O4. The van der Waals surface area contributed by atoms with Gasteiger partial charge in [-0.15, -0.1) is 0 Å². The molecular weight excluding hydrogens is 296 g/mol. The van der Waals surface area contributed by atoms with E-state index in [9.17, 15) is 14.4 Å². The van der Waals surface area contributed by atoms with Crippen molar-refractivity contribution >= 4 is 23.5 Å². The lowest BCUT2D eigenvalue weighted by Gasteiger charge is -2.16. The predicted octanol–water partition coefficient (Wildman–Crippen LogP) is 1.48. The number of allylic oxidation sites excluding steroid dienone is 2. The number of hydrogen-bond donors (Lipinski definition) is 2. The first-order valence-electron chi connectivity index (χ1n) is 7.58. The van der Waals surface area contributed by atoms with Crippen molar-refractivity contribution in [2.75, 3.05) is 11.9 Å². The summed E-state index contributed by atoms with van der Waals surface area (Å²) in [4.78, 5) is 35.3. The van der Waals surface area contributed by atoms with Crippen LogP contribution in [0.25, 0.3) is 0 Å². The van der Waals surface area contributed by atoms with Gasteiger partial charge in [-0.25, -0.2) is 0 Å². The molecule has 0 radical (unpaired) electrons. The molecule has 3 rings (SSSR count). The van der Waals surface area contributed by atoms with E-state index < -0.39 is 11.8 Å². The van der Waals surface area contributed by atoms with Crippen LogP contribution in [-0.4, -0.2) is 24.4 Å². The molecule has 0 saturated heterocycles. The van der Waals surface area contributed by atoms with Crippen LogP contribution in [0.15, 0.2) is 36.4 Å². The number of fused-ring (bicyclic) bond motifs is 2. The van der Waals surface area contributed by atoms with Crippen LogP contribution in [0.5, 0.6) is 0 Å². The number of esters is 1. The first-order valence-corrected chi connectivity index (χ1v) is 7.58. The van der Waals surface area contributed by atoms with Crippen LogP contribution in [0.2, 0.25) is 0 Å². The van der Waals surface area contributed by atoms with Crippen molar-refractivity contribution < 1.29 is 19.1 Å². The highest BCUT2D eigenvalue weighted by Crippen LogP contribution is 2.43. The maximum atomic E-state index is 12.1. The van der Waals surface area contributed by atoms with Crippen LogP contribution < -0.4 is 11.1 Å². The highest BCUT2D eigenvalue weighted by molar-refractivity contribution is 6.03. The summed E-state index contributed by atoms with van der Waals surface area (Å²) in [7, 11) is 0. The maximum Gasteiger partial charge on any atom is 0.310 e. The Kier molecular flexibility index (Phi) is 4.14. The van der Waals surface area contributed by atoms with E-state index in [0.29, 0.717) is 11.6 Å². The fraction of sp³-hybridized carbons (Fsp3) is 0.353. The van der Waals surface area contributed by atoms with Crippen LogP contribution in [0.3, 0.4) is 0 Å². The summed E-state index contributed by atoms with van der Waals surface area (Å²) in [5.74, 6) is -0.895. The Hall–Kier alpha value is -2.63. The number of benzene rings is 1. The van der Waals surface area contributed by atoms with Crippen LogP contribution in [-0.2, 0) is 14.3 Å². The van der Waals surface area contributed by atoms with Crippen molar-refractivity contribution in [3.05, 3.63) is 42.0 Å².